The second kappa shape index (κ2) is 4.61. The van der Waals surface area contributed by atoms with Crippen molar-refractivity contribution in [2.24, 2.45) is 0 Å². The number of carbonyl (C=O) groups excluding carboxylic acids is 1. The molecule has 1 aromatic carbocycles. The quantitative estimate of drug-likeness (QED) is 0.849. The molecule has 0 bridgehead atoms. The zero-order valence-electron chi connectivity index (χ0n) is 10.6. The van der Waals surface area contributed by atoms with Gasteiger partial charge >= 0.3 is 0 Å². The number of ether oxygens (including phenoxy) is 1. The van der Waals surface area contributed by atoms with Crippen LogP contribution in [0.4, 0.5) is 5.69 Å². The maximum atomic E-state index is 11.5. The fraction of sp³-hybridized carbons (Fsp3) is 0.500. The molecule has 1 aromatic rings. The van der Waals surface area contributed by atoms with Gasteiger partial charge in [0.25, 0.3) is 0 Å². The molecule has 2 heterocycles. The van der Waals surface area contributed by atoms with E-state index in [4.69, 9.17) is 4.74 Å². The molecule has 0 spiro atoms. The van der Waals surface area contributed by atoms with Gasteiger partial charge in [-0.05, 0) is 49.1 Å². The summed E-state index contributed by atoms with van der Waals surface area (Å²) < 4.78 is 5.32. The van der Waals surface area contributed by atoms with Crippen LogP contribution in [0.5, 0.6) is 5.75 Å². The van der Waals surface area contributed by atoms with Gasteiger partial charge in [0, 0.05) is 11.7 Å². The molecule has 0 radical (unpaired) electrons. The summed E-state index contributed by atoms with van der Waals surface area (Å²) in [6, 6.07) is 4.53. The molecule has 4 heteroatoms. The lowest BCUT2D eigenvalue weighted by Crippen LogP contribution is -2.24. The molecular formula is C14H18N2O2. The van der Waals surface area contributed by atoms with Gasteiger partial charge in [-0.15, -0.1) is 0 Å². The Labute approximate surface area is 107 Å². The molecule has 1 amide bonds. The van der Waals surface area contributed by atoms with E-state index in [2.05, 4.69) is 10.6 Å². The molecule has 18 heavy (non-hydrogen) atoms. The number of hydrogen-bond acceptors (Lipinski definition) is 3. The molecule has 3 rings (SSSR count). The van der Waals surface area contributed by atoms with Crippen molar-refractivity contribution in [2.75, 3.05) is 19.0 Å². The van der Waals surface area contributed by atoms with E-state index >= 15 is 0 Å². The fourth-order valence-corrected chi connectivity index (χ4v) is 2.87. The highest BCUT2D eigenvalue weighted by molar-refractivity contribution is 6.00. The fourth-order valence-electron chi connectivity index (χ4n) is 2.87. The van der Waals surface area contributed by atoms with Gasteiger partial charge in [-0.25, -0.2) is 0 Å². The maximum Gasteiger partial charge on any atom is 0.228 e. The third-order valence-electron chi connectivity index (χ3n) is 3.76. The summed E-state index contributed by atoms with van der Waals surface area (Å²) in [4.78, 5) is 11.5. The van der Waals surface area contributed by atoms with E-state index in [0.29, 0.717) is 12.5 Å². The number of methoxy groups -OCH3 is 1. The average Bonchev–Trinajstić information content (AvgIpc) is 2.97. The Hall–Kier alpha value is -1.55. The number of benzene rings is 1. The molecule has 2 aliphatic rings. The predicted octanol–water partition coefficient (Wildman–Crippen LogP) is 1.48. The van der Waals surface area contributed by atoms with Crippen molar-refractivity contribution < 1.29 is 9.53 Å². The monoisotopic (exact) mass is 246 g/mol. The van der Waals surface area contributed by atoms with Crippen LogP contribution in [0.25, 0.3) is 0 Å². The molecule has 1 saturated heterocycles. The maximum absolute atomic E-state index is 11.5. The zero-order chi connectivity index (χ0) is 12.5. The minimum Gasteiger partial charge on any atom is -0.497 e. The predicted molar refractivity (Wildman–Crippen MR) is 70.1 cm³/mol. The van der Waals surface area contributed by atoms with Gasteiger partial charge in [-0.1, -0.05) is 0 Å². The largest absolute Gasteiger partial charge is 0.497 e. The second-order valence-electron chi connectivity index (χ2n) is 5.04. The van der Waals surface area contributed by atoms with Gasteiger partial charge in [0.05, 0.1) is 13.5 Å². The molecule has 96 valence electrons. The van der Waals surface area contributed by atoms with E-state index < -0.39 is 0 Å². The van der Waals surface area contributed by atoms with Crippen molar-refractivity contribution in [3.8, 4) is 5.75 Å². The Morgan fingerprint density at radius 1 is 1.44 bits per heavy atom. The van der Waals surface area contributed by atoms with Crippen LogP contribution in [0.3, 0.4) is 0 Å². The van der Waals surface area contributed by atoms with Gasteiger partial charge in [-0.3, -0.25) is 4.79 Å². The minimum absolute atomic E-state index is 0.0823. The van der Waals surface area contributed by atoms with Crippen molar-refractivity contribution in [2.45, 2.75) is 31.7 Å². The van der Waals surface area contributed by atoms with Crippen molar-refractivity contribution in [3.05, 3.63) is 23.3 Å². The third-order valence-corrected chi connectivity index (χ3v) is 3.76. The topological polar surface area (TPSA) is 50.4 Å². The van der Waals surface area contributed by atoms with Crippen LogP contribution in [0, 0.1) is 0 Å². The summed E-state index contributed by atoms with van der Waals surface area (Å²) in [7, 11) is 1.67. The molecular weight excluding hydrogens is 228 g/mol. The van der Waals surface area contributed by atoms with Gasteiger partial charge in [0.15, 0.2) is 0 Å². The van der Waals surface area contributed by atoms with Crippen LogP contribution in [-0.2, 0) is 17.6 Å². The Morgan fingerprint density at radius 2 is 2.33 bits per heavy atom. The molecule has 1 unspecified atom stereocenters. The van der Waals surface area contributed by atoms with E-state index in [0.717, 1.165) is 30.0 Å². The molecule has 4 nitrogen and oxygen atoms in total. The highest BCUT2D eigenvalue weighted by Gasteiger charge is 2.24. The van der Waals surface area contributed by atoms with Crippen LogP contribution < -0.4 is 15.4 Å². The van der Waals surface area contributed by atoms with Crippen LogP contribution in [0.2, 0.25) is 0 Å². The minimum atomic E-state index is 0.0823. The molecule has 2 N–H and O–H groups in total. The molecule has 0 aromatic heterocycles. The lowest BCUT2D eigenvalue weighted by atomic mass is 9.99. The highest BCUT2D eigenvalue weighted by atomic mass is 16.5. The van der Waals surface area contributed by atoms with E-state index in [9.17, 15) is 4.79 Å². The first-order valence-electron chi connectivity index (χ1n) is 6.49. The summed E-state index contributed by atoms with van der Waals surface area (Å²) in [5.41, 5.74) is 3.26. The number of amides is 1. The summed E-state index contributed by atoms with van der Waals surface area (Å²) in [5, 5.41) is 6.46. The Morgan fingerprint density at radius 3 is 3.06 bits per heavy atom. The first-order chi connectivity index (χ1) is 8.76. The number of rotatable bonds is 3. The molecule has 0 aliphatic carbocycles. The highest BCUT2D eigenvalue weighted by Crippen LogP contribution is 2.33. The SMILES string of the molecule is COc1cc2c(c(CC3CCCN3)c1)NC(=O)C2. The third kappa shape index (κ3) is 2.08. The van der Waals surface area contributed by atoms with E-state index in [1.54, 1.807) is 7.11 Å². The van der Waals surface area contributed by atoms with Crippen molar-refractivity contribution in [1.29, 1.82) is 0 Å². The van der Waals surface area contributed by atoms with E-state index in [-0.39, 0.29) is 5.91 Å². The summed E-state index contributed by atoms with van der Waals surface area (Å²) >= 11 is 0. The van der Waals surface area contributed by atoms with E-state index in [1.165, 1.54) is 18.4 Å². The summed E-state index contributed by atoms with van der Waals surface area (Å²) in [6.45, 7) is 1.10. The number of anilines is 1. The van der Waals surface area contributed by atoms with Crippen molar-refractivity contribution >= 4 is 11.6 Å². The zero-order valence-corrected chi connectivity index (χ0v) is 10.6. The number of hydrogen-bond donors (Lipinski definition) is 2. The van der Waals surface area contributed by atoms with Crippen molar-refractivity contribution in [1.82, 2.24) is 5.32 Å². The summed E-state index contributed by atoms with van der Waals surface area (Å²) in [6.07, 6.45) is 3.88. The van der Waals surface area contributed by atoms with Gasteiger partial charge < -0.3 is 15.4 Å². The number of fused-ring (bicyclic) bond motifs is 1. The molecule has 1 fully saturated rings. The van der Waals surface area contributed by atoms with Crippen LogP contribution in [0.15, 0.2) is 12.1 Å². The smallest absolute Gasteiger partial charge is 0.228 e. The van der Waals surface area contributed by atoms with Crippen LogP contribution in [0.1, 0.15) is 24.0 Å². The Balaban J connectivity index is 1.91. The Bertz CT molecular complexity index is 479. The number of carbonyl (C=O) groups is 1. The normalized spacial score (nSPS) is 21.8. The van der Waals surface area contributed by atoms with Crippen molar-refractivity contribution in [3.63, 3.8) is 0 Å². The van der Waals surface area contributed by atoms with Gasteiger partial charge in [0.1, 0.15) is 5.75 Å². The first-order valence-corrected chi connectivity index (χ1v) is 6.49. The lowest BCUT2D eigenvalue weighted by molar-refractivity contribution is -0.115. The molecule has 2 aliphatic heterocycles. The summed E-state index contributed by atoms with van der Waals surface area (Å²) in [5.74, 6) is 0.928. The number of nitrogens with one attached hydrogen (secondary N) is 2. The van der Waals surface area contributed by atoms with E-state index in [1.807, 2.05) is 12.1 Å². The average molecular weight is 246 g/mol. The van der Waals surface area contributed by atoms with Crippen LogP contribution >= 0.6 is 0 Å². The van der Waals surface area contributed by atoms with Crippen LogP contribution in [-0.4, -0.2) is 25.6 Å². The standard InChI is InChI=1S/C14H18N2O2/c1-18-12-6-9(5-11-3-2-4-15-11)14-10(7-12)8-13(17)16-14/h6-7,11,15H,2-5,8H2,1H3,(H,16,17). The van der Waals surface area contributed by atoms with Gasteiger partial charge in [0.2, 0.25) is 5.91 Å². The molecule has 1 atom stereocenters. The molecule has 0 saturated carbocycles. The lowest BCUT2D eigenvalue weighted by Gasteiger charge is -2.15. The van der Waals surface area contributed by atoms with Gasteiger partial charge in [-0.2, -0.15) is 0 Å². The first kappa shape index (κ1) is 11.5. The Kier molecular flexibility index (Phi) is 2.96. The second-order valence-corrected chi connectivity index (χ2v) is 5.04.